The number of fused-ring (bicyclic) bond motifs is 1. The fraction of sp³-hybridized carbons (Fsp3) is 0.500. The molecule has 20 heavy (non-hydrogen) atoms. The van der Waals surface area contributed by atoms with Crippen molar-refractivity contribution in [2.24, 2.45) is 0 Å². The third kappa shape index (κ3) is 4.93. The van der Waals surface area contributed by atoms with Gasteiger partial charge in [0, 0.05) is 16.4 Å². The summed E-state index contributed by atoms with van der Waals surface area (Å²) < 4.78 is 7.17. The molecule has 0 spiro atoms. The smallest absolute Gasteiger partial charge is 0.652 e. The van der Waals surface area contributed by atoms with Crippen LogP contribution in [0.2, 0.25) is 0 Å². The zero-order valence-electron chi connectivity index (χ0n) is 12.2. The van der Waals surface area contributed by atoms with Crippen LogP contribution in [-0.2, 0) is 6.42 Å². The van der Waals surface area contributed by atoms with Gasteiger partial charge in [0.05, 0.1) is 0 Å². The van der Waals surface area contributed by atoms with Gasteiger partial charge >= 0.3 is 37.7 Å². The molecule has 0 radical (unpaired) electrons. The van der Waals surface area contributed by atoms with Gasteiger partial charge < -0.3 is 19.7 Å². The molecule has 0 amide bonds. The van der Waals surface area contributed by atoms with Crippen molar-refractivity contribution in [2.75, 3.05) is 4.43 Å². The molecule has 0 saturated carbocycles. The van der Waals surface area contributed by atoms with Gasteiger partial charge in [0.1, 0.15) is 11.4 Å². The summed E-state index contributed by atoms with van der Waals surface area (Å²) >= 11 is 2.41. The van der Waals surface area contributed by atoms with Crippen LogP contribution < -0.4 is 14.9 Å². The second kappa shape index (κ2) is 8.06. The first kappa shape index (κ1) is 20.3. The summed E-state index contributed by atoms with van der Waals surface area (Å²) in [6.07, 6.45) is -1.28. The van der Waals surface area contributed by atoms with Crippen molar-refractivity contribution in [3.05, 3.63) is 28.3 Å². The van der Waals surface area contributed by atoms with E-state index in [1.807, 2.05) is 0 Å². The molecule has 0 aliphatic carbocycles. The normalized spacial score (nSPS) is 19.1. The van der Waals surface area contributed by atoms with E-state index in [9.17, 15) is 0 Å². The Morgan fingerprint density at radius 2 is 1.85 bits per heavy atom. The first-order valence-electron chi connectivity index (χ1n) is 5.93. The third-order valence-electron chi connectivity index (χ3n) is 3.30. The molecule has 2 rings (SSSR count). The van der Waals surface area contributed by atoms with E-state index in [-0.39, 0.29) is 43.3 Å². The number of hydrogen-bond donors (Lipinski definition) is 0. The van der Waals surface area contributed by atoms with Gasteiger partial charge in [0.25, 0.3) is 0 Å². The summed E-state index contributed by atoms with van der Waals surface area (Å²) in [7, 11) is 0. The molecular weight excluding hydrogens is 399 g/mol. The Labute approximate surface area is 163 Å². The molecule has 1 atom stereocenters. The third-order valence-corrected chi connectivity index (χ3v) is 4.91. The van der Waals surface area contributed by atoms with Crippen LogP contribution in [0, 0.1) is 20.8 Å². The first-order valence-corrected chi connectivity index (χ1v) is 7.45. The molecule has 6 heteroatoms. The molecule has 0 fully saturated rings. The standard InChI is InChI=1S/C13H17IO.CH2O3.Ca/c1-8-5-9(2)11-6-13(4,7-14)15-12(11)10(8)3;2-1(3)4;/h5H,6-7H2,1-4H3;(H2,2,3,4);/q;;+2/p-2. The maximum absolute atomic E-state index is 8.33. The van der Waals surface area contributed by atoms with E-state index < -0.39 is 6.16 Å². The number of aryl methyl sites for hydroxylation is 2. The van der Waals surface area contributed by atoms with E-state index in [1.165, 1.54) is 22.3 Å². The van der Waals surface area contributed by atoms with Gasteiger partial charge in [-0.3, -0.25) is 0 Å². The summed E-state index contributed by atoms with van der Waals surface area (Å²) in [6.45, 7) is 8.71. The van der Waals surface area contributed by atoms with Crippen molar-refractivity contribution in [1.29, 1.82) is 0 Å². The van der Waals surface area contributed by atoms with Gasteiger partial charge in [0.15, 0.2) is 0 Å². The van der Waals surface area contributed by atoms with Crippen LogP contribution in [0.1, 0.15) is 29.2 Å². The van der Waals surface area contributed by atoms with Crippen LogP contribution in [0.4, 0.5) is 4.79 Å². The number of benzene rings is 1. The van der Waals surface area contributed by atoms with Crippen LogP contribution in [0.25, 0.3) is 0 Å². The van der Waals surface area contributed by atoms with Crippen molar-refractivity contribution >= 4 is 66.5 Å². The van der Waals surface area contributed by atoms with Crippen molar-refractivity contribution < 1.29 is 19.7 Å². The average Bonchev–Trinajstić information content (AvgIpc) is 2.65. The van der Waals surface area contributed by atoms with E-state index in [2.05, 4.69) is 56.4 Å². The first-order chi connectivity index (χ1) is 8.70. The molecular formula is C14H17CaIO4. The molecule has 4 nitrogen and oxygen atoms in total. The second-order valence-corrected chi connectivity index (χ2v) is 5.82. The van der Waals surface area contributed by atoms with Crippen LogP contribution >= 0.6 is 22.6 Å². The minimum absolute atomic E-state index is 0. The largest absolute Gasteiger partial charge is 2.00 e. The number of carbonyl (C=O) groups is 1. The van der Waals surface area contributed by atoms with E-state index in [0.717, 1.165) is 16.6 Å². The summed E-state index contributed by atoms with van der Waals surface area (Å²) in [6, 6.07) is 2.27. The number of carbonyl (C=O) groups excluding carboxylic acids is 1. The predicted molar refractivity (Wildman–Crippen MR) is 83.4 cm³/mol. The van der Waals surface area contributed by atoms with Crippen molar-refractivity contribution in [1.82, 2.24) is 0 Å². The van der Waals surface area contributed by atoms with Crippen LogP contribution in [0.3, 0.4) is 0 Å². The summed E-state index contributed by atoms with van der Waals surface area (Å²) in [5.74, 6) is 1.15. The zero-order chi connectivity index (χ0) is 14.8. The topological polar surface area (TPSA) is 72.4 Å². The fourth-order valence-electron chi connectivity index (χ4n) is 2.19. The Kier molecular flexibility index (Phi) is 8.17. The molecule has 1 aromatic rings. The molecule has 0 aromatic heterocycles. The molecule has 1 aliphatic heterocycles. The van der Waals surface area contributed by atoms with Crippen molar-refractivity contribution in [2.45, 2.75) is 39.7 Å². The van der Waals surface area contributed by atoms with Gasteiger partial charge in [-0.25, -0.2) is 0 Å². The number of hydrogen-bond acceptors (Lipinski definition) is 4. The summed E-state index contributed by atoms with van der Waals surface area (Å²) in [5, 5.41) is 16.7. The molecule has 0 saturated heterocycles. The monoisotopic (exact) mass is 416 g/mol. The maximum atomic E-state index is 8.33. The zero-order valence-corrected chi connectivity index (χ0v) is 16.6. The predicted octanol–water partition coefficient (Wildman–Crippen LogP) is 0.913. The molecule has 1 aromatic carbocycles. The molecule has 1 unspecified atom stereocenters. The molecule has 106 valence electrons. The van der Waals surface area contributed by atoms with E-state index >= 15 is 0 Å². The van der Waals surface area contributed by atoms with E-state index in [4.69, 9.17) is 19.7 Å². The molecule has 0 bridgehead atoms. The fourth-order valence-corrected chi connectivity index (χ4v) is 2.62. The average molecular weight is 416 g/mol. The maximum Gasteiger partial charge on any atom is 2.00 e. The van der Waals surface area contributed by atoms with Crippen LogP contribution in [-0.4, -0.2) is 53.9 Å². The molecule has 0 N–H and O–H groups in total. The Morgan fingerprint density at radius 3 is 2.30 bits per heavy atom. The number of rotatable bonds is 1. The minimum Gasteiger partial charge on any atom is -0.652 e. The van der Waals surface area contributed by atoms with Crippen LogP contribution in [0.5, 0.6) is 5.75 Å². The summed E-state index contributed by atoms with van der Waals surface area (Å²) in [4.78, 5) is 8.33. The molecule has 1 aliphatic rings. The number of alkyl halides is 1. The van der Waals surface area contributed by atoms with Gasteiger partial charge in [-0.1, -0.05) is 28.7 Å². The quantitative estimate of drug-likeness (QED) is 0.388. The Bertz CT molecular complexity index is 500. The minimum atomic E-state index is -2.33. The van der Waals surface area contributed by atoms with Gasteiger partial charge in [0.2, 0.25) is 0 Å². The van der Waals surface area contributed by atoms with Gasteiger partial charge in [-0.2, -0.15) is 0 Å². The van der Waals surface area contributed by atoms with Crippen molar-refractivity contribution in [3.8, 4) is 5.75 Å². The number of ether oxygens (including phenoxy) is 1. The molecule has 1 heterocycles. The van der Waals surface area contributed by atoms with E-state index in [1.54, 1.807) is 0 Å². The number of carboxylic acid groups (broad SMARTS) is 2. The van der Waals surface area contributed by atoms with E-state index in [0.29, 0.717) is 0 Å². The SMILES string of the molecule is Cc1cc(C)c2c(c1C)OC(C)(CI)C2.O=C([O-])[O-].[Ca+2]. The Balaban J connectivity index is 0.000000644. The number of halogens is 1. The second-order valence-electron chi connectivity index (χ2n) is 5.06. The van der Waals surface area contributed by atoms with Gasteiger partial charge in [-0.05, 0) is 50.5 Å². The van der Waals surface area contributed by atoms with Gasteiger partial charge in [-0.15, -0.1) is 0 Å². The Morgan fingerprint density at radius 1 is 1.35 bits per heavy atom. The Hall–Kier alpha value is 0.280. The summed E-state index contributed by atoms with van der Waals surface area (Å²) in [5.41, 5.74) is 5.44. The van der Waals surface area contributed by atoms with Crippen molar-refractivity contribution in [3.63, 3.8) is 0 Å². The van der Waals surface area contributed by atoms with Crippen LogP contribution in [0.15, 0.2) is 6.07 Å².